The molecule has 0 spiro atoms. The van der Waals surface area contributed by atoms with Crippen LogP contribution in [0.15, 0.2) is 65.3 Å². The quantitative estimate of drug-likeness (QED) is 0.521. The van der Waals surface area contributed by atoms with Crippen LogP contribution in [-0.4, -0.2) is 34.3 Å². The lowest BCUT2D eigenvalue weighted by molar-refractivity contribution is 0.0779. The molecular formula is C25H29N3O2. The molecule has 0 bridgehead atoms. The van der Waals surface area contributed by atoms with Gasteiger partial charge in [0.25, 0.3) is 5.91 Å². The molecule has 3 aromatic rings. The number of aromatic nitrogens is 1. The molecule has 5 heteroatoms. The van der Waals surface area contributed by atoms with E-state index in [0.717, 1.165) is 24.6 Å². The van der Waals surface area contributed by atoms with Crippen molar-refractivity contribution in [3.8, 4) is 0 Å². The zero-order valence-electron chi connectivity index (χ0n) is 17.8. The number of carbonyl (C=O) groups is 1. The fourth-order valence-electron chi connectivity index (χ4n) is 3.68. The summed E-state index contributed by atoms with van der Waals surface area (Å²) in [7, 11) is 1.79. The lowest BCUT2D eigenvalue weighted by Crippen LogP contribution is -2.27. The number of aryl methyl sites for hydroxylation is 1. The molecule has 1 fully saturated rings. The highest BCUT2D eigenvalue weighted by Crippen LogP contribution is 2.31. The number of nitrogens with zero attached hydrogens (tertiary/aromatic N) is 3. The van der Waals surface area contributed by atoms with E-state index in [2.05, 4.69) is 41.1 Å². The number of hydrogen-bond acceptors (Lipinski definition) is 4. The van der Waals surface area contributed by atoms with Crippen LogP contribution in [0.2, 0.25) is 0 Å². The lowest BCUT2D eigenvalue weighted by Gasteiger charge is -2.21. The maximum absolute atomic E-state index is 12.8. The molecule has 1 aromatic heterocycles. The molecule has 30 heavy (non-hydrogen) atoms. The van der Waals surface area contributed by atoms with Gasteiger partial charge in [-0.15, -0.1) is 0 Å². The van der Waals surface area contributed by atoms with Crippen molar-refractivity contribution in [3.63, 3.8) is 0 Å². The number of hydrogen-bond donors (Lipinski definition) is 0. The largest absolute Gasteiger partial charge is 0.447 e. The minimum absolute atomic E-state index is 0.124. The van der Waals surface area contributed by atoms with Crippen molar-refractivity contribution in [2.75, 3.05) is 13.6 Å². The van der Waals surface area contributed by atoms with Crippen LogP contribution in [0.1, 0.15) is 45.9 Å². The Morgan fingerprint density at radius 3 is 2.50 bits per heavy atom. The number of rotatable bonds is 9. The second-order valence-corrected chi connectivity index (χ2v) is 8.31. The van der Waals surface area contributed by atoms with Crippen molar-refractivity contribution in [3.05, 3.63) is 89.1 Å². The molecule has 0 unspecified atom stereocenters. The lowest BCUT2D eigenvalue weighted by atomic mass is 10.1. The molecule has 1 heterocycles. The van der Waals surface area contributed by atoms with Crippen molar-refractivity contribution < 1.29 is 9.21 Å². The smallest absolute Gasteiger partial charge is 0.275 e. The molecule has 1 aliphatic carbocycles. The molecule has 1 aliphatic rings. The van der Waals surface area contributed by atoms with E-state index in [9.17, 15) is 4.79 Å². The van der Waals surface area contributed by atoms with Crippen molar-refractivity contribution in [2.24, 2.45) is 5.92 Å². The first kappa shape index (κ1) is 20.4. The van der Waals surface area contributed by atoms with E-state index >= 15 is 0 Å². The van der Waals surface area contributed by atoms with Crippen LogP contribution in [0.5, 0.6) is 0 Å². The minimum Gasteiger partial charge on any atom is -0.447 e. The van der Waals surface area contributed by atoms with Crippen molar-refractivity contribution in [1.29, 1.82) is 0 Å². The average molecular weight is 404 g/mol. The molecule has 5 nitrogen and oxygen atoms in total. The van der Waals surface area contributed by atoms with Crippen LogP contribution < -0.4 is 0 Å². The van der Waals surface area contributed by atoms with Gasteiger partial charge in [0.2, 0.25) is 5.89 Å². The van der Waals surface area contributed by atoms with E-state index in [-0.39, 0.29) is 5.91 Å². The van der Waals surface area contributed by atoms with Crippen LogP contribution in [0.4, 0.5) is 0 Å². The van der Waals surface area contributed by atoms with Crippen LogP contribution in [0, 0.1) is 12.8 Å². The second-order valence-electron chi connectivity index (χ2n) is 8.31. The first-order valence-corrected chi connectivity index (χ1v) is 10.6. The van der Waals surface area contributed by atoms with Gasteiger partial charge < -0.3 is 9.32 Å². The average Bonchev–Trinajstić information content (AvgIpc) is 3.44. The van der Waals surface area contributed by atoms with Gasteiger partial charge in [-0.25, -0.2) is 4.98 Å². The number of oxazole rings is 1. The monoisotopic (exact) mass is 403 g/mol. The van der Waals surface area contributed by atoms with Crippen LogP contribution in [0.3, 0.4) is 0 Å². The Morgan fingerprint density at radius 2 is 1.77 bits per heavy atom. The van der Waals surface area contributed by atoms with Crippen LogP contribution >= 0.6 is 0 Å². The summed E-state index contributed by atoms with van der Waals surface area (Å²) in [6.07, 6.45) is 4.08. The molecule has 0 N–H and O–H groups in total. The maximum Gasteiger partial charge on any atom is 0.275 e. The second kappa shape index (κ2) is 9.26. The summed E-state index contributed by atoms with van der Waals surface area (Å²) in [6, 6.07) is 18.4. The fraction of sp³-hybridized carbons (Fsp3) is 0.360. The summed E-state index contributed by atoms with van der Waals surface area (Å²) in [6.45, 7) is 5.20. The van der Waals surface area contributed by atoms with Gasteiger partial charge in [-0.2, -0.15) is 0 Å². The molecule has 1 saturated carbocycles. The van der Waals surface area contributed by atoms with Gasteiger partial charge in [-0.3, -0.25) is 9.69 Å². The van der Waals surface area contributed by atoms with Gasteiger partial charge in [0, 0.05) is 26.7 Å². The van der Waals surface area contributed by atoms with Gasteiger partial charge in [-0.05, 0) is 42.4 Å². The van der Waals surface area contributed by atoms with E-state index < -0.39 is 0 Å². The van der Waals surface area contributed by atoms with Gasteiger partial charge in [0.1, 0.15) is 6.26 Å². The van der Waals surface area contributed by atoms with E-state index in [1.165, 1.54) is 30.2 Å². The minimum atomic E-state index is -0.124. The predicted molar refractivity (Wildman–Crippen MR) is 117 cm³/mol. The molecular weight excluding hydrogens is 374 g/mol. The van der Waals surface area contributed by atoms with Gasteiger partial charge in [0.15, 0.2) is 5.69 Å². The first-order valence-electron chi connectivity index (χ1n) is 10.6. The Hall–Kier alpha value is -2.92. The Morgan fingerprint density at radius 1 is 1.03 bits per heavy atom. The van der Waals surface area contributed by atoms with Crippen LogP contribution in [-0.2, 0) is 19.6 Å². The molecule has 0 aliphatic heterocycles. The SMILES string of the molecule is Cc1ccccc1CN(Cc1nc(C(=O)N(C)Cc2ccccc2)co1)CC1CC1. The zero-order valence-corrected chi connectivity index (χ0v) is 17.8. The molecule has 1 amide bonds. The Kier molecular flexibility index (Phi) is 6.29. The van der Waals surface area contributed by atoms with Gasteiger partial charge in [-0.1, -0.05) is 54.6 Å². The Bertz CT molecular complexity index is 979. The highest BCUT2D eigenvalue weighted by Gasteiger charge is 2.26. The van der Waals surface area contributed by atoms with Crippen molar-refractivity contribution >= 4 is 5.91 Å². The summed E-state index contributed by atoms with van der Waals surface area (Å²) < 4.78 is 5.69. The number of benzene rings is 2. The summed E-state index contributed by atoms with van der Waals surface area (Å²) in [5.41, 5.74) is 4.07. The Balaban J connectivity index is 1.41. The van der Waals surface area contributed by atoms with Gasteiger partial charge >= 0.3 is 0 Å². The molecule has 0 saturated heterocycles. The van der Waals surface area contributed by atoms with E-state index in [1.807, 2.05) is 30.3 Å². The van der Waals surface area contributed by atoms with Crippen LogP contribution in [0.25, 0.3) is 0 Å². The highest BCUT2D eigenvalue weighted by molar-refractivity contribution is 5.91. The first-order chi connectivity index (χ1) is 14.6. The van der Waals surface area contributed by atoms with Crippen molar-refractivity contribution in [2.45, 2.75) is 39.4 Å². The van der Waals surface area contributed by atoms with E-state index in [4.69, 9.17) is 4.42 Å². The third-order valence-corrected chi connectivity index (χ3v) is 5.61. The fourth-order valence-corrected chi connectivity index (χ4v) is 3.68. The molecule has 156 valence electrons. The molecule has 0 atom stereocenters. The predicted octanol–water partition coefficient (Wildman–Crippen LogP) is 4.67. The number of amides is 1. The summed E-state index contributed by atoms with van der Waals surface area (Å²) in [4.78, 5) is 21.3. The number of carbonyl (C=O) groups excluding carboxylic acids is 1. The highest BCUT2D eigenvalue weighted by atomic mass is 16.3. The Labute approximate surface area is 178 Å². The third kappa shape index (κ3) is 5.36. The molecule has 2 aromatic carbocycles. The van der Waals surface area contributed by atoms with E-state index in [1.54, 1.807) is 11.9 Å². The summed E-state index contributed by atoms with van der Waals surface area (Å²) >= 11 is 0. The van der Waals surface area contributed by atoms with Gasteiger partial charge in [0.05, 0.1) is 6.54 Å². The maximum atomic E-state index is 12.8. The van der Waals surface area contributed by atoms with Crippen molar-refractivity contribution in [1.82, 2.24) is 14.8 Å². The summed E-state index contributed by atoms with van der Waals surface area (Å²) in [5.74, 6) is 1.24. The standard InChI is InChI=1S/C25H29N3O2/c1-19-8-6-7-11-22(19)16-28(15-21-12-13-21)17-24-26-23(18-30-24)25(29)27(2)14-20-9-4-3-5-10-20/h3-11,18,21H,12-17H2,1-2H3. The summed E-state index contributed by atoms with van der Waals surface area (Å²) in [5, 5.41) is 0. The van der Waals surface area contributed by atoms with E-state index in [0.29, 0.717) is 24.7 Å². The zero-order chi connectivity index (χ0) is 20.9. The molecule has 0 radical (unpaired) electrons. The normalized spacial score (nSPS) is 13.6. The molecule has 4 rings (SSSR count). The topological polar surface area (TPSA) is 49.6 Å². The third-order valence-electron chi connectivity index (χ3n) is 5.61.